The second-order valence-electron chi connectivity index (χ2n) is 5.71. The van der Waals surface area contributed by atoms with E-state index in [-0.39, 0.29) is 17.1 Å². The van der Waals surface area contributed by atoms with Crippen molar-refractivity contribution in [1.29, 1.82) is 0 Å². The van der Waals surface area contributed by atoms with E-state index < -0.39 is 11.9 Å². The molecule has 0 fully saturated rings. The van der Waals surface area contributed by atoms with Gasteiger partial charge in [-0.05, 0) is 24.1 Å². The van der Waals surface area contributed by atoms with Crippen LogP contribution in [0.3, 0.4) is 0 Å². The van der Waals surface area contributed by atoms with E-state index >= 15 is 0 Å². The summed E-state index contributed by atoms with van der Waals surface area (Å²) in [6, 6.07) is 6.40. The molecule has 0 atom stereocenters. The summed E-state index contributed by atoms with van der Waals surface area (Å²) in [6.45, 7) is 2.06. The summed E-state index contributed by atoms with van der Waals surface area (Å²) in [6.07, 6.45) is 2.69. The maximum absolute atomic E-state index is 11.1. The fourth-order valence-corrected chi connectivity index (χ4v) is 2.70. The van der Waals surface area contributed by atoms with Gasteiger partial charge in [-0.3, -0.25) is 4.79 Å². The third kappa shape index (κ3) is 5.26. The van der Waals surface area contributed by atoms with Gasteiger partial charge in [-0.25, -0.2) is 14.8 Å². The Morgan fingerprint density at radius 1 is 1.12 bits per heavy atom. The molecule has 132 valence electrons. The minimum absolute atomic E-state index is 0.167. The van der Waals surface area contributed by atoms with Crippen molar-refractivity contribution in [2.24, 2.45) is 0 Å². The third-order valence-corrected chi connectivity index (χ3v) is 4.06. The standard InChI is InChI=1S/C18H19ClN2O4/c1-2-3-4-15-20-14(13(10-16(22)23)17(19)21-15)9-11-5-7-12(8-6-11)18(24)25/h5-8H,2-4,9-10H2,1H3,(H,22,23)(H,24,25). The van der Waals surface area contributed by atoms with Crippen LogP contribution in [-0.2, 0) is 24.1 Å². The van der Waals surface area contributed by atoms with E-state index in [9.17, 15) is 9.59 Å². The molecule has 0 aliphatic rings. The van der Waals surface area contributed by atoms with Gasteiger partial charge in [-0.2, -0.15) is 0 Å². The Morgan fingerprint density at radius 3 is 2.36 bits per heavy atom. The van der Waals surface area contributed by atoms with Gasteiger partial charge in [0.2, 0.25) is 0 Å². The molecule has 0 saturated heterocycles. The van der Waals surface area contributed by atoms with Gasteiger partial charge in [0.15, 0.2) is 0 Å². The highest BCUT2D eigenvalue weighted by molar-refractivity contribution is 6.30. The number of nitrogens with zero attached hydrogens (tertiary/aromatic N) is 2. The number of unbranched alkanes of at least 4 members (excludes halogenated alkanes) is 1. The van der Waals surface area contributed by atoms with Gasteiger partial charge in [0.05, 0.1) is 17.7 Å². The number of aromatic carboxylic acids is 1. The predicted octanol–water partition coefficient (Wildman–Crippen LogP) is 3.39. The Balaban J connectivity index is 2.35. The van der Waals surface area contributed by atoms with Crippen LogP contribution in [-0.4, -0.2) is 32.1 Å². The number of carboxylic acid groups (broad SMARTS) is 2. The van der Waals surface area contributed by atoms with E-state index in [0.717, 1.165) is 18.4 Å². The molecule has 2 N–H and O–H groups in total. The molecule has 1 aromatic heterocycles. The molecule has 0 bridgehead atoms. The monoisotopic (exact) mass is 362 g/mol. The van der Waals surface area contributed by atoms with E-state index in [2.05, 4.69) is 16.9 Å². The second-order valence-corrected chi connectivity index (χ2v) is 6.07. The zero-order valence-corrected chi connectivity index (χ0v) is 14.6. The number of halogens is 1. The Kier molecular flexibility index (Phi) is 6.47. The summed E-state index contributed by atoms with van der Waals surface area (Å²) < 4.78 is 0. The number of carboxylic acids is 2. The largest absolute Gasteiger partial charge is 0.481 e. The average molecular weight is 363 g/mol. The van der Waals surface area contributed by atoms with Gasteiger partial charge in [0.25, 0.3) is 0 Å². The zero-order chi connectivity index (χ0) is 18.4. The van der Waals surface area contributed by atoms with Crippen molar-refractivity contribution < 1.29 is 19.8 Å². The SMILES string of the molecule is CCCCc1nc(Cl)c(CC(=O)O)c(Cc2ccc(C(=O)O)cc2)n1. The van der Waals surface area contributed by atoms with Crippen LogP contribution in [0, 0.1) is 0 Å². The summed E-state index contributed by atoms with van der Waals surface area (Å²) in [4.78, 5) is 30.8. The van der Waals surface area contributed by atoms with Crippen molar-refractivity contribution in [3.05, 3.63) is 57.6 Å². The molecule has 0 unspecified atom stereocenters. The summed E-state index contributed by atoms with van der Waals surface area (Å²) >= 11 is 6.20. The molecule has 0 aliphatic heterocycles. The Bertz CT molecular complexity index is 775. The zero-order valence-electron chi connectivity index (χ0n) is 13.8. The Labute approximate surface area is 150 Å². The molecule has 0 amide bonds. The molecular weight excluding hydrogens is 344 g/mol. The number of benzene rings is 1. The van der Waals surface area contributed by atoms with Gasteiger partial charge < -0.3 is 10.2 Å². The highest BCUT2D eigenvalue weighted by atomic mass is 35.5. The minimum Gasteiger partial charge on any atom is -0.481 e. The topological polar surface area (TPSA) is 100 Å². The lowest BCUT2D eigenvalue weighted by Crippen LogP contribution is -2.11. The molecule has 2 rings (SSSR count). The van der Waals surface area contributed by atoms with Crippen LogP contribution in [0.1, 0.15) is 52.8 Å². The van der Waals surface area contributed by atoms with Gasteiger partial charge in [-0.1, -0.05) is 37.1 Å². The third-order valence-electron chi connectivity index (χ3n) is 3.74. The van der Waals surface area contributed by atoms with Gasteiger partial charge >= 0.3 is 11.9 Å². The highest BCUT2D eigenvalue weighted by Gasteiger charge is 2.16. The molecule has 0 radical (unpaired) electrons. The number of carbonyl (C=O) groups is 2. The van der Waals surface area contributed by atoms with Gasteiger partial charge in [0.1, 0.15) is 11.0 Å². The van der Waals surface area contributed by atoms with Crippen molar-refractivity contribution in [1.82, 2.24) is 9.97 Å². The van der Waals surface area contributed by atoms with E-state index in [4.69, 9.17) is 21.8 Å². The smallest absolute Gasteiger partial charge is 0.335 e. The van der Waals surface area contributed by atoms with Crippen LogP contribution in [0.25, 0.3) is 0 Å². The first kappa shape index (κ1) is 18.9. The molecule has 1 aromatic carbocycles. The fraction of sp³-hybridized carbons (Fsp3) is 0.333. The van der Waals surface area contributed by atoms with Crippen molar-refractivity contribution in [2.45, 2.75) is 39.0 Å². The van der Waals surface area contributed by atoms with Crippen molar-refractivity contribution in [2.75, 3.05) is 0 Å². The van der Waals surface area contributed by atoms with Crippen LogP contribution in [0.4, 0.5) is 0 Å². The number of hydrogen-bond acceptors (Lipinski definition) is 4. The Hall–Kier alpha value is -2.47. The first-order valence-electron chi connectivity index (χ1n) is 7.99. The molecule has 1 heterocycles. The summed E-state index contributed by atoms with van der Waals surface area (Å²) in [7, 11) is 0. The Morgan fingerprint density at radius 2 is 1.80 bits per heavy atom. The number of aliphatic carboxylic acids is 1. The number of aromatic nitrogens is 2. The van der Waals surface area contributed by atoms with E-state index in [0.29, 0.717) is 29.9 Å². The van der Waals surface area contributed by atoms with Crippen LogP contribution < -0.4 is 0 Å². The summed E-state index contributed by atoms with van der Waals surface area (Å²) in [5.41, 5.74) is 1.99. The number of rotatable bonds is 8. The first-order valence-corrected chi connectivity index (χ1v) is 8.36. The first-order chi connectivity index (χ1) is 11.9. The fourth-order valence-electron chi connectivity index (χ4n) is 2.43. The van der Waals surface area contributed by atoms with Crippen molar-refractivity contribution in [3.63, 3.8) is 0 Å². The summed E-state index contributed by atoms with van der Waals surface area (Å²) in [5, 5.41) is 18.2. The minimum atomic E-state index is -1.01. The van der Waals surface area contributed by atoms with Gasteiger partial charge in [0, 0.05) is 18.4 Å². The lowest BCUT2D eigenvalue weighted by Gasteiger charge is -2.11. The maximum Gasteiger partial charge on any atom is 0.335 e. The van der Waals surface area contributed by atoms with Crippen molar-refractivity contribution in [3.8, 4) is 0 Å². The lowest BCUT2D eigenvalue weighted by atomic mass is 10.0. The molecule has 6 nitrogen and oxygen atoms in total. The van der Waals surface area contributed by atoms with E-state index in [1.807, 2.05) is 0 Å². The quantitative estimate of drug-likeness (QED) is 0.698. The molecule has 0 saturated carbocycles. The predicted molar refractivity (Wildman–Crippen MR) is 93.2 cm³/mol. The van der Waals surface area contributed by atoms with Crippen LogP contribution in [0.15, 0.2) is 24.3 Å². The maximum atomic E-state index is 11.1. The molecule has 7 heteroatoms. The number of aryl methyl sites for hydroxylation is 1. The molecule has 0 aliphatic carbocycles. The normalized spacial score (nSPS) is 10.6. The molecular formula is C18H19ClN2O4. The number of hydrogen-bond donors (Lipinski definition) is 2. The average Bonchev–Trinajstić information content (AvgIpc) is 2.56. The van der Waals surface area contributed by atoms with E-state index in [1.165, 1.54) is 12.1 Å². The molecule has 0 spiro atoms. The van der Waals surface area contributed by atoms with Crippen LogP contribution in [0.2, 0.25) is 5.15 Å². The van der Waals surface area contributed by atoms with Gasteiger partial charge in [-0.15, -0.1) is 0 Å². The van der Waals surface area contributed by atoms with Crippen molar-refractivity contribution >= 4 is 23.5 Å². The van der Waals surface area contributed by atoms with E-state index in [1.54, 1.807) is 12.1 Å². The molecule has 25 heavy (non-hydrogen) atoms. The second kappa shape index (κ2) is 8.58. The van der Waals surface area contributed by atoms with Crippen LogP contribution in [0.5, 0.6) is 0 Å². The van der Waals surface area contributed by atoms with Crippen LogP contribution >= 0.6 is 11.6 Å². The summed E-state index contributed by atoms with van der Waals surface area (Å²) in [5.74, 6) is -1.41. The highest BCUT2D eigenvalue weighted by Crippen LogP contribution is 2.21. The lowest BCUT2D eigenvalue weighted by molar-refractivity contribution is -0.136. The molecule has 2 aromatic rings.